The molecule has 0 radical (unpaired) electrons. The summed E-state index contributed by atoms with van der Waals surface area (Å²) in [5, 5.41) is 7.19. The predicted molar refractivity (Wildman–Crippen MR) is 75.0 cm³/mol. The van der Waals surface area contributed by atoms with E-state index in [4.69, 9.17) is 0 Å². The average molecular weight is 257 g/mol. The summed E-state index contributed by atoms with van der Waals surface area (Å²) in [4.78, 5) is 12.1. The number of rotatable bonds is 4. The molecule has 2 aromatic rings. The molecule has 0 fully saturated rings. The van der Waals surface area contributed by atoms with Crippen molar-refractivity contribution in [3.63, 3.8) is 0 Å². The van der Waals surface area contributed by atoms with Crippen LogP contribution in [-0.4, -0.2) is 15.7 Å². The molecule has 0 saturated heterocycles. The molecule has 1 amide bonds. The maximum atomic E-state index is 12.1. The molecule has 0 aliphatic carbocycles. The second kappa shape index (κ2) is 5.69. The Kier molecular flexibility index (Phi) is 4.00. The van der Waals surface area contributed by atoms with E-state index in [2.05, 4.69) is 10.4 Å². The fourth-order valence-electron chi connectivity index (χ4n) is 1.89. The number of benzene rings is 1. The molecule has 100 valence electrons. The van der Waals surface area contributed by atoms with Gasteiger partial charge in [0.25, 0.3) is 5.91 Å². The highest BCUT2D eigenvalue weighted by Gasteiger charge is 2.12. The van der Waals surface area contributed by atoms with Gasteiger partial charge in [-0.1, -0.05) is 29.8 Å². The summed E-state index contributed by atoms with van der Waals surface area (Å²) in [6.45, 7) is 7.21. The Morgan fingerprint density at radius 1 is 1.26 bits per heavy atom. The van der Waals surface area contributed by atoms with Crippen molar-refractivity contribution in [1.29, 1.82) is 0 Å². The lowest BCUT2D eigenvalue weighted by Crippen LogP contribution is -2.23. The topological polar surface area (TPSA) is 46.9 Å². The number of carbonyl (C=O) groups excluding carboxylic acids is 1. The zero-order valence-corrected chi connectivity index (χ0v) is 11.6. The molecule has 19 heavy (non-hydrogen) atoms. The van der Waals surface area contributed by atoms with E-state index in [0.717, 1.165) is 17.8 Å². The van der Waals surface area contributed by atoms with Crippen LogP contribution in [0.15, 0.2) is 30.5 Å². The van der Waals surface area contributed by atoms with Crippen LogP contribution in [0.2, 0.25) is 0 Å². The summed E-state index contributed by atoms with van der Waals surface area (Å²) in [5.41, 5.74) is 3.73. The van der Waals surface area contributed by atoms with Crippen molar-refractivity contribution in [2.75, 3.05) is 0 Å². The minimum atomic E-state index is -0.0715. The Morgan fingerprint density at radius 2 is 1.95 bits per heavy atom. The molecule has 0 spiro atoms. The molecule has 1 N–H and O–H groups in total. The molecule has 1 heterocycles. The lowest BCUT2D eigenvalue weighted by atomic mass is 10.1. The van der Waals surface area contributed by atoms with E-state index < -0.39 is 0 Å². The molecule has 2 rings (SSSR count). The van der Waals surface area contributed by atoms with Gasteiger partial charge in [0.15, 0.2) is 0 Å². The standard InChI is InChI=1S/C15H19N3O/c1-4-18-10-14(12(3)17-18)15(19)16-9-13-7-5-11(2)6-8-13/h5-8,10H,4,9H2,1-3H3,(H,16,19). The highest BCUT2D eigenvalue weighted by molar-refractivity contribution is 5.94. The Balaban J connectivity index is 2.01. The van der Waals surface area contributed by atoms with Crippen molar-refractivity contribution in [1.82, 2.24) is 15.1 Å². The van der Waals surface area contributed by atoms with Gasteiger partial charge in [0.2, 0.25) is 0 Å². The molecule has 4 heteroatoms. The first-order valence-corrected chi connectivity index (χ1v) is 6.48. The van der Waals surface area contributed by atoms with Gasteiger partial charge in [0, 0.05) is 19.3 Å². The highest BCUT2D eigenvalue weighted by Crippen LogP contribution is 2.07. The van der Waals surface area contributed by atoms with Gasteiger partial charge >= 0.3 is 0 Å². The van der Waals surface area contributed by atoms with E-state index in [9.17, 15) is 4.79 Å². The van der Waals surface area contributed by atoms with Crippen molar-refractivity contribution >= 4 is 5.91 Å². The normalized spacial score (nSPS) is 10.5. The highest BCUT2D eigenvalue weighted by atomic mass is 16.1. The minimum Gasteiger partial charge on any atom is -0.348 e. The van der Waals surface area contributed by atoms with Crippen molar-refractivity contribution in [3.8, 4) is 0 Å². The summed E-state index contributed by atoms with van der Waals surface area (Å²) in [6, 6.07) is 8.14. The summed E-state index contributed by atoms with van der Waals surface area (Å²) in [7, 11) is 0. The Morgan fingerprint density at radius 3 is 2.53 bits per heavy atom. The van der Waals surface area contributed by atoms with Crippen LogP contribution in [0.25, 0.3) is 0 Å². The number of amides is 1. The third kappa shape index (κ3) is 3.22. The van der Waals surface area contributed by atoms with E-state index in [1.807, 2.05) is 45.0 Å². The van der Waals surface area contributed by atoms with E-state index in [0.29, 0.717) is 12.1 Å². The largest absolute Gasteiger partial charge is 0.348 e. The average Bonchev–Trinajstić information content (AvgIpc) is 2.79. The van der Waals surface area contributed by atoms with Gasteiger partial charge in [0.1, 0.15) is 0 Å². The van der Waals surface area contributed by atoms with Crippen molar-refractivity contribution in [2.24, 2.45) is 0 Å². The van der Waals surface area contributed by atoms with Gasteiger partial charge in [-0.15, -0.1) is 0 Å². The van der Waals surface area contributed by atoms with Crippen LogP contribution in [0.5, 0.6) is 0 Å². The van der Waals surface area contributed by atoms with E-state index >= 15 is 0 Å². The number of aromatic nitrogens is 2. The summed E-state index contributed by atoms with van der Waals surface area (Å²) in [5.74, 6) is -0.0715. The monoisotopic (exact) mass is 257 g/mol. The zero-order valence-electron chi connectivity index (χ0n) is 11.6. The molecule has 0 saturated carbocycles. The Bertz CT molecular complexity index is 570. The van der Waals surface area contributed by atoms with Gasteiger partial charge in [-0.2, -0.15) is 5.10 Å². The molecule has 0 unspecified atom stereocenters. The molecule has 0 atom stereocenters. The second-order valence-corrected chi connectivity index (χ2v) is 4.65. The maximum Gasteiger partial charge on any atom is 0.255 e. The van der Waals surface area contributed by atoms with Gasteiger partial charge in [-0.3, -0.25) is 9.48 Å². The minimum absolute atomic E-state index is 0.0715. The molecular formula is C15H19N3O. The van der Waals surface area contributed by atoms with Crippen LogP contribution in [-0.2, 0) is 13.1 Å². The van der Waals surface area contributed by atoms with Gasteiger partial charge in [-0.05, 0) is 26.3 Å². The Hall–Kier alpha value is -2.10. The maximum absolute atomic E-state index is 12.1. The van der Waals surface area contributed by atoms with E-state index in [1.54, 1.807) is 10.9 Å². The first-order valence-electron chi connectivity index (χ1n) is 6.48. The van der Waals surface area contributed by atoms with Crippen LogP contribution >= 0.6 is 0 Å². The first-order chi connectivity index (χ1) is 9.10. The van der Waals surface area contributed by atoms with Crippen LogP contribution < -0.4 is 5.32 Å². The van der Waals surface area contributed by atoms with Crippen molar-refractivity contribution < 1.29 is 4.79 Å². The van der Waals surface area contributed by atoms with Gasteiger partial charge in [0.05, 0.1) is 11.3 Å². The SMILES string of the molecule is CCn1cc(C(=O)NCc2ccc(C)cc2)c(C)n1. The number of hydrogen-bond acceptors (Lipinski definition) is 2. The second-order valence-electron chi connectivity index (χ2n) is 4.65. The lowest BCUT2D eigenvalue weighted by molar-refractivity contribution is 0.0950. The summed E-state index contributed by atoms with van der Waals surface area (Å²) in [6.07, 6.45) is 1.79. The lowest BCUT2D eigenvalue weighted by Gasteiger charge is -2.04. The molecule has 1 aromatic carbocycles. The molecule has 1 aromatic heterocycles. The van der Waals surface area contributed by atoms with Crippen molar-refractivity contribution in [3.05, 3.63) is 52.8 Å². The molecule has 0 aliphatic rings. The van der Waals surface area contributed by atoms with E-state index in [1.165, 1.54) is 5.56 Å². The Labute approximate surface area is 113 Å². The zero-order chi connectivity index (χ0) is 13.8. The molecule has 4 nitrogen and oxygen atoms in total. The van der Waals surface area contributed by atoms with Crippen LogP contribution in [0.3, 0.4) is 0 Å². The molecule has 0 aliphatic heterocycles. The van der Waals surface area contributed by atoms with Crippen LogP contribution in [0.1, 0.15) is 34.1 Å². The molecular weight excluding hydrogens is 238 g/mol. The smallest absolute Gasteiger partial charge is 0.255 e. The van der Waals surface area contributed by atoms with Gasteiger partial charge < -0.3 is 5.32 Å². The number of hydrogen-bond donors (Lipinski definition) is 1. The van der Waals surface area contributed by atoms with Crippen LogP contribution in [0.4, 0.5) is 0 Å². The van der Waals surface area contributed by atoms with E-state index in [-0.39, 0.29) is 5.91 Å². The third-order valence-electron chi connectivity index (χ3n) is 3.09. The summed E-state index contributed by atoms with van der Waals surface area (Å²) >= 11 is 0. The third-order valence-corrected chi connectivity index (χ3v) is 3.09. The number of nitrogens with one attached hydrogen (secondary N) is 1. The summed E-state index contributed by atoms with van der Waals surface area (Å²) < 4.78 is 1.77. The fourth-order valence-corrected chi connectivity index (χ4v) is 1.89. The number of aryl methyl sites for hydroxylation is 3. The van der Waals surface area contributed by atoms with Crippen molar-refractivity contribution in [2.45, 2.75) is 33.9 Å². The quantitative estimate of drug-likeness (QED) is 0.914. The predicted octanol–water partition coefficient (Wildman–Crippen LogP) is 2.45. The number of carbonyl (C=O) groups is 1. The molecule has 0 bridgehead atoms. The number of nitrogens with zero attached hydrogens (tertiary/aromatic N) is 2. The fraction of sp³-hybridized carbons (Fsp3) is 0.333. The first kappa shape index (κ1) is 13.3. The van der Waals surface area contributed by atoms with Gasteiger partial charge in [-0.25, -0.2) is 0 Å². The van der Waals surface area contributed by atoms with Crippen LogP contribution in [0, 0.1) is 13.8 Å².